The lowest BCUT2D eigenvalue weighted by molar-refractivity contribution is -0.137. The average Bonchev–Trinajstić information content (AvgIpc) is 2.47. The highest BCUT2D eigenvalue weighted by Crippen LogP contribution is 2.24. The Morgan fingerprint density at radius 1 is 1.31 bits per heavy atom. The molecule has 0 aliphatic carbocycles. The molecular formula is C17H21N3O6. The van der Waals surface area contributed by atoms with Gasteiger partial charge in [0, 0.05) is 5.69 Å². The first-order valence-corrected chi connectivity index (χ1v) is 7.92. The molecule has 0 bridgehead atoms. The van der Waals surface area contributed by atoms with Crippen LogP contribution >= 0.6 is 0 Å². The van der Waals surface area contributed by atoms with Crippen LogP contribution in [0.15, 0.2) is 21.3 Å². The van der Waals surface area contributed by atoms with E-state index in [9.17, 15) is 14.4 Å². The Kier molecular flexibility index (Phi) is 5.20. The first kappa shape index (κ1) is 19.2. The van der Waals surface area contributed by atoms with E-state index in [4.69, 9.17) is 14.3 Å². The van der Waals surface area contributed by atoms with Gasteiger partial charge in [0.15, 0.2) is 0 Å². The number of benzene rings is 1. The normalized spacial score (nSPS) is 12.5. The number of carbonyl (C=O) groups excluding carboxylic acids is 1. The first-order valence-electron chi connectivity index (χ1n) is 7.92. The summed E-state index contributed by atoms with van der Waals surface area (Å²) < 4.78 is 10.2. The summed E-state index contributed by atoms with van der Waals surface area (Å²) in [5, 5.41) is 14.2. The van der Waals surface area contributed by atoms with Gasteiger partial charge in [-0.2, -0.15) is 4.98 Å². The molecule has 9 nitrogen and oxygen atoms in total. The molecule has 9 heteroatoms. The second-order valence-electron chi connectivity index (χ2n) is 6.77. The Labute approximate surface area is 149 Å². The predicted molar refractivity (Wildman–Crippen MR) is 95.6 cm³/mol. The molecule has 0 aliphatic heterocycles. The molecule has 0 radical (unpaired) electrons. The number of aromatic nitrogens is 1. The fraction of sp³-hybridized carbons (Fsp3) is 0.412. The van der Waals surface area contributed by atoms with Gasteiger partial charge in [0.2, 0.25) is 0 Å². The summed E-state index contributed by atoms with van der Waals surface area (Å²) in [5.41, 5.74) is -0.182. The molecule has 0 saturated carbocycles. The van der Waals surface area contributed by atoms with E-state index in [0.29, 0.717) is 16.8 Å². The van der Waals surface area contributed by atoms with Crippen molar-refractivity contribution in [3.8, 4) is 0 Å². The summed E-state index contributed by atoms with van der Waals surface area (Å²) in [6, 6.07) is 1.95. The summed E-state index contributed by atoms with van der Waals surface area (Å²) in [5.74, 6) is -1.11. The molecule has 26 heavy (non-hydrogen) atoms. The van der Waals surface area contributed by atoms with Crippen molar-refractivity contribution < 1.29 is 23.8 Å². The summed E-state index contributed by atoms with van der Waals surface area (Å²) >= 11 is 0. The monoisotopic (exact) mass is 363 g/mol. The maximum Gasteiger partial charge on any atom is 0.412 e. The van der Waals surface area contributed by atoms with E-state index in [1.807, 2.05) is 0 Å². The van der Waals surface area contributed by atoms with Crippen molar-refractivity contribution in [1.29, 1.82) is 0 Å². The fourth-order valence-corrected chi connectivity index (χ4v) is 2.18. The molecule has 2 aromatic rings. The van der Waals surface area contributed by atoms with Crippen LogP contribution in [-0.4, -0.2) is 33.8 Å². The van der Waals surface area contributed by atoms with Gasteiger partial charge in [0.05, 0.1) is 10.9 Å². The third-order valence-corrected chi connectivity index (χ3v) is 3.40. The lowest BCUT2D eigenvalue weighted by Gasteiger charge is -2.20. The van der Waals surface area contributed by atoms with Gasteiger partial charge in [0.1, 0.15) is 11.6 Å². The zero-order valence-corrected chi connectivity index (χ0v) is 15.2. The van der Waals surface area contributed by atoms with Crippen LogP contribution in [0.2, 0.25) is 0 Å². The van der Waals surface area contributed by atoms with Crippen molar-refractivity contribution in [3.63, 3.8) is 0 Å². The maximum atomic E-state index is 12.3. The van der Waals surface area contributed by atoms with Crippen LogP contribution in [0.3, 0.4) is 0 Å². The highest BCUT2D eigenvalue weighted by molar-refractivity contribution is 5.93. The second kappa shape index (κ2) is 7.03. The number of carboxylic acid groups (broad SMARTS) is 1. The topological polar surface area (TPSA) is 131 Å². The van der Waals surface area contributed by atoms with Crippen LogP contribution in [0.5, 0.6) is 0 Å². The number of rotatable bonds is 4. The Morgan fingerprint density at radius 2 is 1.96 bits per heavy atom. The van der Waals surface area contributed by atoms with Crippen molar-refractivity contribution in [2.45, 2.75) is 46.3 Å². The number of hydrogen-bond donors (Lipinski definition) is 3. The number of aliphatic carboxylic acids is 1. The largest absolute Gasteiger partial charge is 0.480 e. The van der Waals surface area contributed by atoms with Gasteiger partial charge >= 0.3 is 17.7 Å². The highest BCUT2D eigenvalue weighted by Gasteiger charge is 2.19. The molecule has 3 N–H and O–H groups in total. The standard InChI is InChI=1S/C17H21N3O6/c1-8-10(20-16(24)26-17(3,4)5)6-7-11-12(8)14(23)25-15(19-11)18-9(2)13(21)22/h6-7,9H,1-5H3,(H,18,19)(H,20,24)(H,21,22)/t9-/m0/s1. The minimum absolute atomic E-state index is 0.187. The van der Waals surface area contributed by atoms with E-state index in [2.05, 4.69) is 15.6 Å². The van der Waals surface area contributed by atoms with Gasteiger partial charge in [-0.25, -0.2) is 9.59 Å². The van der Waals surface area contributed by atoms with Crippen molar-refractivity contribution in [1.82, 2.24) is 4.98 Å². The van der Waals surface area contributed by atoms with Crippen LogP contribution in [0.1, 0.15) is 33.3 Å². The number of anilines is 2. The number of amides is 1. The van der Waals surface area contributed by atoms with Crippen molar-refractivity contribution >= 4 is 34.7 Å². The molecule has 1 atom stereocenters. The summed E-state index contributed by atoms with van der Waals surface area (Å²) in [6.07, 6.45) is -0.647. The number of fused-ring (bicyclic) bond motifs is 1. The summed E-state index contributed by atoms with van der Waals surface area (Å²) in [7, 11) is 0. The number of nitrogens with zero attached hydrogens (tertiary/aromatic N) is 1. The zero-order valence-electron chi connectivity index (χ0n) is 15.2. The lowest BCUT2D eigenvalue weighted by Crippen LogP contribution is -2.27. The van der Waals surface area contributed by atoms with Gasteiger partial charge in [-0.15, -0.1) is 0 Å². The van der Waals surface area contributed by atoms with Crippen LogP contribution in [0.25, 0.3) is 10.9 Å². The molecule has 0 spiro atoms. The number of aryl methyl sites for hydroxylation is 1. The molecule has 140 valence electrons. The van der Waals surface area contributed by atoms with Crippen LogP contribution in [-0.2, 0) is 9.53 Å². The SMILES string of the molecule is Cc1c(NC(=O)OC(C)(C)C)ccc2nc(N[C@@H](C)C(=O)O)oc(=O)c12. The second-order valence-corrected chi connectivity index (χ2v) is 6.77. The molecule has 1 amide bonds. The maximum absolute atomic E-state index is 12.3. The van der Waals surface area contributed by atoms with Crippen LogP contribution in [0.4, 0.5) is 16.5 Å². The summed E-state index contributed by atoms with van der Waals surface area (Å²) in [4.78, 5) is 39.2. The van der Waals surface area contributed by atoms with Gasteiger partial charge in [-0.05, 0) is 52.3 Å². The Bertz CT molecular complexity index is 913. The quantitative estimate of drug-likeness (QED) is 0.756. The molecule has 1 aromatic heterocycles. The Hall–Kier alpha value is -3.10. The van der Waals surface area contributed by atoms with E-state index < -0.39 is 29.3 Å². The van der Waals surface area contributed by atoms with Crippen molar-refractivity contribution in [2.24, 2.45) is 0 Å². The molecule has 0 fully saturated rings. The zero-order chi connectivity index (χ0) is 19.6. The van der Waals surface area contributed by atoms with Crippen molar-refractivity contribution in [3.05, 3.63) is 28.1 Å². The molecule has 1 aromatic carbocycles. The number of nitrogens with one attached hydrogen (secondary N) is 2. The molecule has 1 heterocycles. The van der Waals surface area contributed by atoms with Gasteiger partial charge in [0.25, 0.3) is 6.01 Å². The van der Waals surface area contributed by atoms with E-state index >= 15 is 0 Å². The number of carbonyl (C=O) groups is 2. The molecule has 0 saturated heterocycles. The third-order valence-electron chi connectivity index (χ3n) is 3.40. The average molecular weight is 363 g/mol. The van der Waals surface area contributed by atoms with E-state index in [1.54, 1.807) is 33.8 Å². The fourth-order valence-electron chi connectivity index (χ4n) is 2.18. The predicted octanol–water partition coefficient (Wildman–Crippen LogP) is 2.73. The smallest absolute Gasteiger partial charge is 0.412 e. The minimum Gasteiger partial charge on any atom is -0.480 e. The lowest BCUT2D eigenvalue weighted by atomic mass is 10.1. The first-order chi connectivity index (χ1) is 12.0. The molecule has 0 aliphatic rings. The van der Waals surface area contributed by atoms with E-state index in [0.717, 1.165) is 0 Å². The van der Waals surface area contributed by atoms with E-state index in [1.165, 1.54) is 13.0 Å². The van der Waals surface area contributed by atoms with Crippen LogP contribution < -0.4 is 16.3 Å². The van der Waals surface area contributed by atoms with Crippen molar-refractivity contribution in [2.75, 3.05) is 10.6 Å². The number of ether oxygens (including phenoxy) is 1. The molecular weight excluding hydrogens is 342 g/mol. The van der Waals surface area contributed by atoms with Crippen LogP contribution in [0, 0.1) is 6.92 Å². The molecule has 0 unspecified atom stereocenters. The third kappa shape index (κ3) is 4.50. The Balaban J connectivity index is 2.37. The number of hydrogen-bond acceptors (Lipinski definition) is 7. The van der Waals surface area contributed by atoms with Gasteiger partial charge in [-0.1, -0.05) is 0 Å². The van der Waals surface area contributed by atoms with Gasteiger partial charge in [-0.3, -0.25) is 10.1 Å². The highest BCUT2D eigenvalue weighted by atomic mass is 16.6. The number of carboxylic acids is 1. The van der Waals surface area contributed by atoms with E-state index in [-0.39, 0.29) is 11.4 Å². The summed E-state index contributed by atoms with van der Waals surface area (Å²) in [6.45, 7) is 8.26. The van der Waals surface area contributed by atoms with Gasteiger partial charge < -0.3 is 19.6 Å². The Morgan fingerprint density at radius 3 is 2.54 bits per heavy atom. The minimum atomic E-state index is -1.11. The molecule has 2 rings (SSSR count).